The predicted octanol–water partition coefficient (Wildman–Crippen LogP) is 1.26. The fourth-order valence-electron chi connectivity index (χ4n) is 3.88. The lowest BCUT2D eigenvalue weighted by atomic mass is 10.1. The first-order valence-electron chi connectivity index (χ1n) is 10.3. The van der Waals surface area contributed by atoms with Gasteiger partial charge in [0, 0.05) is 20.4 Å². The monoisotopic (exact) mass is 509 g/mol. The van der Waals surface area contributed by atoms with Crippen molar-refractivity contribution in [3.05, 3.63) is 10.5 Å². The first-order chi connectivity index (χ1) is 16.3. The summed E-state index contributed by atoms with van der Waals surface area (Å²) in [5.41, 5.74) is 4.58. The lowest BCUT2D eigenvalue weighted by Crippen LogP contribution is -2.47. The number of rotatable bonds is 7. The van der Waals surface area contributed by atoms with E-state index in [1.807, 2.05) is 0 Å². The maximum absolute atomic E-state index is 15.4. The predicted molar refractivity (Wildman–Crippen MR) is 109 cm³/mol. The molecule has 0 aromatic carbocycles. The number of fused-ring (bicyclic) bond motifs is 1. The molecule has 1 fully saturated rings. The molecular weight excluding hydrogens is 486 g/mol. The normalized spacial score (nSPS) is 23.3. The van der Waals surface area contributed by atoms with Crippen LogP contribution >= 0.6 is 0 Å². The molecule has 0 aliphatic carbocycles. The number of ether oxygens (including phenoxy) is 4. The van der Waals surface area contributed by atoms with Crippen LogP contribution in [0.5, 0.6) is 5.88 Å². The van der Waals surface area contributed by atoms with Crippen molar-refractivity contribution in [1.29, 1.82) is 0 Å². The van der Waals surface area contributed by atoms with Gasteiger partial charge >= 0.3 is 23.8 Å². The Kier molecular flexibility index (Phi) is 7.23. The highest BCUT2D eigenvalue weighted by Gasteiger charge is 2.60. The van der Waals surface area contributed by atoms with E-state index >= 15 is 4.39 Å². The van der Waals surface area contributed by atoms with Crippen molar-refractivity contribution in [3.8, 4) is 5.88 Å². The summed E-state index contributed by atoms with van der Waals surface area (Å²) < 4.78 is 77.9. The maximum atomic E-state index is 15.4. The Morgan fingerprint density at radius 3 is 2.40 bits per heavy atom. The first kappa shape index (κ1) is 26.2. The molecule has 0 amide bonds. The van der Waals surface area contributed by atoms with Gasteiger partial charge in [-0.15, -0.1) is 0 Å². The van der Waals surface area contributed by atoms with Gasteiger partial charge in [0.2, 0.25) is 17.9 Å². The van der Waals surface area contributed by atoms with Crippen LogP contribution in [-0.2, 0) is 30.3 Å². The number of aryl methyl sites for hydroxylation is 1. The molecule has 0 radical (unpaired) electrons. The van der Waals surface area contributed by atoms with Crippen LogP contribution in [0.4, 0.5) is 23.5 Å². The largest absolute Gasteiger partial charge is 0.479 e. The number of nitrogen functional groups attached to an aromatic ring is 1. The molecule has 1 saturated heterocycles. The molecule has 12 nitrogen and oxygen atoms in total. The molecule has 4 unspecified atom stereocenters. The lowest BCUT2D eigenvalue weighted by molar-refractivity contribution is -0.252. The topological polar surface area (TPSA) is 150 Å². The number of nitrogens with zero attached hydrogens (tertiary/aromatic N) is 4. The first-order valence-corrected chi connectivity index (χ1v) is 10.3. The number of aromatic nitrogens is 4. The van der Waals surface area contributed by atoms with Gasteiger partial charge < -0.3 is 24.7 Å². The number of imidazole rings is 1. The van der Waals surface area contributed by atoms with E-state index in [-0.39, 0.29) is 29.5 Å². The average Bonchev–Trinajstić information content (AvgIpc) is 3.18. The number of halogens is 4. The van der Waals surface area contributed by atoms with E-state index in [0.29, 0.717) is 17.9 Å². The zero-order chi connectivity index (χ0) is 26.2. The van der Waals surface area contributed by atoms with Crippen molar-refractivity contribution < 1.29 is 46.1 Å². The minimum absolute atomic E-state index is 0.0185. The van der Waals surface area contributed by atoms with E-state index in [2.05, 4.69) is 14.7 Å². The molecular formula is C19H23F4N5O7. The van der Waals surface area contributed by atoms with Crippen LogP contribution in [0.3, 0.4) is 0 Å². The van der Waals surface area contributed by atoms with Crippen molar-refractivity contribution in [2.45, 2.75) is 70.6 Å². The molecule has 1 aliphatic heterocycles. The summed E-state index contributed by atoms with van der Waals surface area (Å²) in [6.45, 7) is 3.44. The smallest absolute Gasteiger partial charge is 0.428 e. The van der Waals surface area contributed by atoms with Crippen LogP contribution in [0.1, 0.15) is 33.4 Å². The Hall–Kier alpha value is -3.43. The summed E-state index contributed by atoms with van der Waals surface area (Å²) in [4.78, 5) is 44.2. The van der Waals surface area contributed by atoms with Gasteiger partial charge in [-0.1, -0.05) is 6.92 Å². The summed E-state index contributed by atoms with van der Waals surface area (Å²) in [6.07, 6.45) is -16.9. The SMILES string of the molecule is CCCn1c(=O)n(C2OC([C@@H](OC(C)=O)C(F)(F)F)C(F)C2OC(C)=O)c2nc(N)nc(OC)c21. The Bertz CT molecular complexity index is 1180. The van der Waals surface area contributed by atoms with Gasteiger partial charge in [-0.05, 0) is 6.42 Å². The number of methoxy groups -OCH3 is 1. The van der Waals surface area contributed by atoms with Crippen molar-refractivity contribution >= 4 is 29.1 Å². The van der Waals surface area contributed by atoms with Gasteiger partial charge in [0.05, 0.1) is 7.11 Å². The number of esters is 2. The molecule has 0 bridgehead atoms. The second-order valence-electron chi connectivity index (χ2n) is 7.65. The number of alkyl halides is 4. The van der Waals surface area contributed by atoms with Gasteiger partial charge in [0.25, 0.3) is 0 Å². The Morgan fingerprint density at radius 1 is 1.23 bits per heavy atom. The maximum Gasteiger partial charge on any atom is 0.428 e. The molecule has 1 aliphatic rings. The summed E-state index contributed by atoms with van der Waals surface area (Å²) in [6, 6.07) is 0. The minimum atomic E-state index is -5.24. The number of anilines is 1. The highest BCUT2D eigenvalue weighted by atomic mass is 19.4. The highest BCUT2D eigenvalue weighted by molar-refractivity contribution is 5.78. The van der Waals surface area contributed by atoms with Gasteiger partial charge in [-0.25, -0.2) is 13.8 Å². The third kappa shape index (κ3) is 4.87. The van der Waals surface area contributed by atoms with Gasteiger partial charge in [0.15, 0.2) is 29.7 Å². The van der Waals surface area contributed by atoms with E-state index in [1.54, 1.807) is 6.92 Å². The molecule has 2 N–H and O–H groups in total. The average molecular weight is 509 g/mol. The van der Waals surface area contributed by atoms with Crippen LogP contribution in [0.15, 0.2) is 4.79 Å². The molecule has 194 valence electrons. The molecule has 35 heavy (non-hydrogen) atoms. The Labute approximate surface area is 194 Å². The van der Waals surface area contributed by atoms with Gasteiger partial charge in [-0.3, -0.25) is 14.2 Å². The second-order valence-corrected chi connectivity index (χ2v) is 7.65. The summed E-state index contributed by atoms with van der Waals surface area (Å²) in [7, 11) is 1.24. The molecule has 3 heterocycles. The molecule has 0 spiro atoms. The van der Waals surface area contributed by atoms with Crippen LogP contribution < -0.4 is 16.2 Å². The van der Waals surface area contributed by atoms with E-state index in [0.717, 1.165) is 11.5 Å². The third-order valence-corrected chi connectivity index (χ3v) is 5.10. The summed E-state index contributed by atoms with van der Waals surface area (Å²) in [5, 5.41) is 0. The molecule has 16 heteroatoms. The fourth-order valence-corrected chi connectivity index (χ4v) is 3.88. The van der Waals surface area contributed by atoms with E-state index < -0.39 is 54.5 Å². The van der Waals surface area contributed by atoms with Crippen LogP contribution in [0.25, 0.3) is 11.2 Å². The van der Waals surface area contributed by atoms with Crippen LogP contribution in [0.2, 0.25) is 0 Å². The third-order valence-electron chi connectivity index (χ3n) is 5.10. The molecule has 0 saturated carbocycles. The minimum Gasteiger partial charge on any atom is -0.479 e. The van der Waals surface area contributed by atoms with E-state index in [4.69, 9.17) is 19.9 Å². The zero-order valence-corrected chi connectivity index (χ0v) is 19.0. The van der Waals surface area contributed by atoms with E-state index in [9.17, 15) is 27.6 Å². The Morgan fingerprint density at radius 2 is 1.89 bits per heavy atom. The van der Waals surface area contributed by atoms with Crippen molar-refractivity contribution in [3.63, 3.8) is 0 Å². The fraction of sp³-hybridized carbons (Fsp3) is 0.632. The molecule has 5 atom stereocenters. The van der Waals surface area contributed by atoms with Crippen molar-refractivity contribution in [1.82, 2.24) is 19.1 Å². The number of carbonyl (C=O) groups is 2. The zero-order valence-electron chi connectivity index (χ0n) is 19.0. The second kappa shape index (κ2) is 9.67. The standard InChI is InChI=1S/C19H23F4N5O7/c1-5-6-27-10-14(25-17(24)26-15(10)32-4)28(18(27)31)16-12(33-7(2)29)9(20)11(35-16)13(19(21,22)23)34-8(3)30/h9,11-13,16H,5-6H2,1-4H3,(H2,24,25,26)/t9?,11?,12?,13-,16?/m1/s1. The Balaban J connectivity index is 2.25. The molecule has 2 aromatic heterocycles. The van der Waals surface area contributed by atoms with Gasteiger partial charge in [0.1, 0.15) is 6.10 Å². The van der Waals surface area contributed by atoms with Gasteiger partial charge in [-0.2, -0.15) is 23.1 Å². The summed E-state index contributed by atoms with van der Waals surface area (Å²) >= 11 is 0. The van der Waals surface area contributed by atoms with Crippen molar-refractivity contribution in [2.24, 2.45) is 0 Å². The van der Waals surface area contributed by atoms with Crippen LogP contribution in [0, 0.1) is 0 Å². The molecule has 3 rings (SSSR count). The number of nitrogens with two attached hydrogens (primary N) is 1. The quantitative estimate of drug-likeness (QED) is 0.427. The van der Waals surface area contributed by atoms with Crippen LogP contribution in [-0.4, -0.2) is 68.8 Å². The number of hydrogen-bond acceptors (Lipinski definition) is 10. The lowest BCUT2D eigenvalue weighted by Gasteiger charge is -2.26. The number of carbonyl (C=O) groups excluding carboxylic acids is 2. The highest BCUT2D eigenvalue weighted by Crippen LogP contribution is 2.41. The summed E-state index contributed by atoms with van der Waals surface area (Å²) in [5.74, 6) is -2.89. The van der Waals surface area contributed by atoms with Crippen molar-refractivity contribution in [2.75, 3.05) is 12.8 Å². The number of hydrogen-bond donors (Lipinski definition) is 1. The molecule has 2 aromatic rings. The van der Waals surface area contributed by atoms with E-state index in [1.165, 1.54) is 7.11 Å².